The molecule has 0 aliphatic carbocycles. The lowest BCUT2D eigenvalue weighted by molar-refractivity contribution is -0.140. The monoisotopic (exact) mass is 222 g/mol. The Hall–Kier alpha value is -0.160. The number of carboxylic acid groups (broad SMARTS) is 1. The van der Waals surface area contributed by atoms with Crippen molar-refractivity contribution in [3.05, 3.63) is 0 Å². The highest BCUT2D eigenvalue weighted by atomic mass is 33.1. The Morgan fingerprint density at radius 2 is 2.23 bits per heavy atom. The van der Waals surface area contributed by atoms with Crippen molar-refractivity contribution in [1.82, 2.24) is 0 Å². The highest BCUT2D eigenvalue weighted by molar-refractivity contribution is 8.76. The number of carbonyl (C=O) groups is 2. The molecule has 13 heavy (non-hydrogen) atoms. The van der Waals surface area contributed by atoms with Crippen molar-refractivity contribution in [3.8, 4) is 0 Å². The zero-order valence-corrected chi connectivity index (χ0v) is 9.20. The summed E-state index contributed by atoms with van der Waals surface area (Å²) in [4.78, 5) is 20.3. The Morgan fingerprint density at radius 1 is 1.54 bits per heavy atom. The minimum absolute atomic E-state index is 0.288. The third-order valence-electron chi connectivity index (χ3n) is 1.37. The number of carboxylic acids is 1. The lowest BCUT2D eigenvalue weighted by Gasteiger charge is -2.03. The average molecular weight is 222 g/mol. The molecule has 1 atom stereocenters. The second-order valence-electron chi connectivity index (χ2n) is 2.65. The number of unbranched alkanes of at least 4 members (excludes halogenated alkanes) is 1. The Morgan fingerprint density at radius 3 is 2.77 bits per heavy atom. The molecule has 0 unspecified atom stereocenters. The molecule has 3 nitrogen and oxygen atoms in total. The predicted octanol–water partition coefficient (Wildman–Crippen LogP) is 2.07. The Bertz CT molecular complexity index is 161. The van der Waals surface area contributed by atoms with Crippen molar-refractivity contribution >= 4 is 33.8 Å². The molecule has 0 heterocycles. The molecule has 0 saturated heterocycles. The summed E-state index contributed by atoms with van der Waals surface area (Å²) in [5.74, 6) is 0.501. The first-order chi connectivity index (χ1) is 6.18. The molecule has 0 bridgehead atoms. The van der Waals surface area contributed by atoms with Gasteiger partial charge in [-0.3, -0.25) is 4.79 Å². The van der Waals surface area contributed by atoms with Gasteiger partial charge in [0.25, 0.3) is 0 Å². The van der Waals surface area contributed by atoms with Crippen LogP contribution in [0.25, 0.3) is 0 Å². The number of aldehydes is 1. The second kappa shape index (κ2) is 8.44. The molecule has 0 aromatic heterocycles. The summed E-state index contributed by atoms with van der Waals surface area (Å²) in [5, 5.41) is 8.55. The van der Waals surface area contributed by atoms with Crippen LogP contribution < -0.4 is 0 Å². The van der Waals surface area contributed by atoms with Crippen LogP contribution in [-0.2, 0) is 9.59 Å². The predicted molar refractivity (Wildman–Crippen MR) is 57.0 cm³/mol. The average Bonchev–Trinajstić information content (AvgIpc) is 2.10. The Labute approximate surface area is 86.1 Å². The van der Waals surface area contributed by atoms with E-state index in [0.717, 1.165) is 18.5 Å². The summed E-state index contributed by atoms with van der Waals surface area (Å²) in [5.41, 5.74) is 0. The van der Waals surface area contributed by atoms with Crippen molar-refractivity contribution in [3.63, 3.8) is 0 Å². The van der Waals surface area contributed by atoms with E-state index < -0.39 is 5.97 Å². The highest BCUT2D eigenvalue weighted by Crippen LogP contribution is 2.24. The maximum atomic E-state index is 10.4. The molecule has 0 saturated carbocycles. The van der Waals surface area contributed by atoms with Gasteiger partial charge in [0.2, 0.25) is 0 Å². The molecular weight excluding hydrogens is 208 g/mol. The van der Waals surface area contributed by atoms with Gasteiger partial charge in [-0.1, -0.05) is 28.5 Å². The van der Waals surface area contributed by atoms with Gasteiger partial charge in [-0.15, -0.1) is 0 Å². The van der Waals surface area contributed by atoms with E-state index in [9.17, 15) is 9.59 Å². The van der Waals surface area contributed by atoms with Crippen LogP contribution in [0.5, 0.6) is 0 Å². The molecule has 0 aromatic rings. The number of hydrogen-bond acceptors (Lipinski definition) is 4. The summed E-state index contributed by atoms with van der Waals surface area (Å²) in [6, 6.07) is 0. The van der Waals surface area contributed by atoms with Crippen molar-refractivity contribution in [2.24, 2.45) is 5.92 Å². The molecule has 76 valence electrons. The third-order valence-corrected chi connectivity index (χ3v) is 4.04. The number of hydrogen-bond donors (Lipinski definition) is 1. The minimum atomic E-state index is -0.749. The summed E-state index contributed by atoms with van der Waals surface area (Å²) in [6.07, 6.45) is 2.38. The number of rotatable bonds is 8. The second-order valence-corrected chi connectivity index (χ2v) is 5.28. The van der Waals surface area contributed by atoms with E-state index in [2.05, 4.69) is 0 Å². The van der Waals surface area contributed by atoms with Crippen molar-refractivity contribution in [2.45, 2.75) is 19.8 Å². The fraction of sp³-hybridized carbons (Fsp3) is 0.750. The van der Waals surface area contributed by atoms with Gasteiger partial charge in [-0.05, 0) is 6.42 Å². The van der Waals surface area contributed by atoms with Crippen LogP contribution in [0.3, 0.4) is 0 Å². The number of aliphatic carboxylic acids is 1. The van der Waals surface area contributed by atoms with E-state index in [1.807, 2.05) is 0 Å². The highest BCUT2D eigenvalue weighted by Gasteiger charge is 2.09. The number of carbonyl (C=O) groups excluding carboxylic acids is 1. The smallest absolute Gasteiger partial charge is 0.307 e. The van der Waals surface area contributed by atoms with Gasteiger partial charge in [-0.25, -0.2) is 0 Å². The van der Waals surface area contributed by atoms with Gasteiger partial charge in [0.15, 0.2) is 0 Å². The molecule has 0 aliphatic heterocycles. The fourth-order valence-electron chi connectivity index (χ4n) is 0.506. The largest absolute Gasteiger partial charge is 0.481 e. The zero-order valence-electron chi connectivity index (χ0n) is 7.56. The lowest BCUT2D eigenvalue weighted by Crippen LogP contribution is -2.11. The molecule has 0 rings (SSSR count). The minimum Gasteiger partial charge on any atom is -0.481 e. The Balaban J connectivity index is 3.15. The SMILES string of the molecule is C[C@@H](CSSCCCC=O)C(=O)O. The maximum Gasteiger partial charge on any atom is 0.307 e. The van der Waals surface area contributed by atoms with Crippen LogP contribution in [0.2, 0.25) is 0 Å². The van der Waals surface area contributed by atoms with E-state index in [-0.39, 0.29) is 5.92 Å². The molecule has 5 heteroatoms. The normalized spacial score (nSPS) is 12.4. The van der Waals surface area contributed by atoms with Crippen LogP contribution in [-0.4, -0.2) is 28.9 Å². The quantitative estimate of drug-likeness (QED) is 0.387. The van der Waals surface area contributed by atoms with E-state index in [1.54, 1.807) is 28.5 Å². The van der Waals surface area contributed by atoms with Crippen molar-refractivity contribution in [1.29, 1.82) is 0 Å². The fourth-order valence-corrected chi connectivity index (χ4v) is 2.96. The molecule has 1 N–H and O–H groups in total. The van der Waals surface area contributed by atoms with Crippen LogP contribution in [0.15, 0.2) is 0 Å². The van der Waals surface area contributed by atoms with E-state index in [0.29, 0.717) is 12.2 Å². The van der Waals surface area contributed by atoms with Crippen LogP contribution in [0, 0.1) is 5.92 Å². The summed E-state index contributed by atoms with van der Waals surface area (Å²) >= 11 is 0. The lowest BCUT2D eigenvalue weighted by atomic mass is 10.2. The van der Waals surface area contributed by atoms with Crippen molar-refractivity contribution < 1.29 is 14.7 Å². The van der Waals surface area contributed by atoms with Crippen LogP contribution >= 0.6 is 21.6 Å². The van der Waals surface area contributed by atoms with Gasteiger partial charge >= 0.3 is 5.97 Å². The molecule has 0 spiro atoms. The topological polar surface area (TPSA) is 54.4 Å². The molecule has 0 aliphatic rings. The first-order valence-electron chi connectivity index (χ1n) is 4.09. The molecule has 0 radical (unpaired) electrons. The molecule has 0 aromatic carbocycles. The van der Waals surface area contributed by atoms with E-state index >= 15 is 0 Å². The van der Waals surface area contributed by atoms with E-state index in [1.165, 1.54) is 0 Å². The Kier molecular flexibility index (Phi) is 8.33. The van der Waals surface area contributed by atoms with Gasteiger partial charge in [0, 0.05) is 17.9 Å². The van der Waals surface area contributed by atoms with Crippen molar-refractivity contribution in [2.75, 3.05) is 11.5 Å². The van der Waals surface area contributed by atoms with Gasteiger partial charge in [-0.2, -0.15) is 0 Å². The summed E-state index contributed by atoms with van der Waals surface area (Å²) in [6.45, 7) is 1.70. The molecular formula is C8H14O3S2. The zero-order chi connectivity index (χ0) is 10.1. The molecule has 0 amide bonds. The van der Waals surface area contributed by atoms with Crippen LogP contribution in [0.1, 0.15) is 19.8 Å². The van der Waals surface area contributed by atoms with E-state index in [4.69, 9.17) is 5.11 Å². The standard InChI is InChI=1S/C8H14O3S2/c1-7(8(10)11)6-13-12-5-3-2-4-9/h4,7H,2-3,5-6H2,1H3,(H,10,11)/t7-/m0/s1. The van der Waals surface area contributed by atoms with Gasteiger partial charge < -0.3 is 9.90 Å². The van der Waals surface area contributed by atoms with Crippen LogP contribution in [0.4, 0.5) is 0 Å². The van der Waals surface area contributed by atoms with Gasteiger partial charge in [0.1, 0.15) is 6.29 Å². The first-order valence-corrected chi connectivity index (χ1v) is 6.58. The molecule has 0 fully saturated rings. The maximum absolute atomic E-state index is 10.4. The first kappa shape index (κ1) is 12.8. The summed E-state index contributed by atoms with van der Waals surface area (Å²) < 4.78 is 0. The summed E-state index contributed by atoms with van der Waals surface area (Å²) in [7, 11) is 3.19. The van der Waals surface area contributed by atoms with Gasteiger partial charge in [0.05, 0.1) is 5.92 Å². The third kappa shape index (κ3) is 8.18.